The van der Waals surface area contributed by atoms with E-state index < -0.39 is 16.1 Å². The molecular formula is C10H15BrN2O3S. The van der Waals surface area contributed by atoms with Crippen LogP contribution in [0, 0.1) is 0 Å². The van der Waals surface area contributed by atoms with Gasteiger partial charge in [0.2, 0.25) is 10.0 Å². The maximum absolute atomic E-state index is 12.2. The number of aliphatic hydroxyl groups is 1. The van der Waals surface area contributed by atoms with Crippen LogP contribution in [-0.2, 0) is 10.0 Å². The van der Waals surface area contributed by atoms with E-state index >= 15 is 0 Å². The lowest BCUT2D eigenvalue weighted by molar-refractivity contribution is 0.171. The number of aliphatic hydroxyl groups excluding tert-OH is 1. The molecule has 0 aromatic heterocycles. The van der Waals surface area contributed by atoms with Gasteiger partial charge in [0.15, 0.2) is 0 Å². The Kier molecular flexibility index (Phi) is 4.54. The minimum Gasteiger partial charge on any atom is -0.398 e. The minimum atomic E-state index is -3.67. The number of anilines is 1. The molecule has 0 aliphatic heterocycles. The first-order valence-corrected chi connectivity index (χ1v) is 7.18. The third-order valence-corrected chi connectivity index (χ3v) is 4.56. The highest BCUT2D eigenvalue weighted by molar-refractivity contribution is 9.10. The first-order chi connectivity index (χ1) is 7.75. The fourth-order valence-electron chi connectivity index (χ4n) is 1.37. The fraction of sp³-hybridized carbons (Fsp3) is 0.400. The van der Waals surface area contributed by atoms with Gasteiger partial charge in [-0.1, -0.05) is 15.9 Å². The summed E-state index contributed by atoms with van der Waals surface area (Å²) in [6, 6.07) is 4.64. The van der Waals surface area contributed by atoms with Crippen molar-refractivity contribution in [3.8, 4) is 0 Å². The zero-order chi connectivity index (χ0) is 13.2. The third kappa shape index (κ3) is 3.41. The molecule has 5 nitrogen and oxygen atoms in total. The summed E-state index contributed by atoms with van der Waals surface area (Å²) in [7, 11) is -2.26. The molecule has 0 spiro atoms. The second-order valence-electron chi connectivity index (χ2n) is 3.82. The predicted molar refractivity (Wildman–Crippen MR) is 70.1 cm³/mol. The number of hydrogen-bond acceptors (Lipinski definition) is 4. The topological polar surface area (TPSA) is 83.6 Å². The molecule has 0 aliphatic carbocycles. The van der Waals surface area contributed by atoms with E-state index in [2.05, 4.69) is 15.9 Å². The second kappa shape index (κ2) is 5.34. The van der Waals surface area contributed by atoms with E-state index in [0.29, 0.717) is 4.47 Å². The number of hydrogen-bond donors (Lipinski definition) is 2. The summed E-state index contributed by atoms with van der Waals surface area (Å²) in [6.07, 6.45) is -0.733. The Hall–Kier alpha value is -0.630. The zero-order valence-electron chi connectivity index (χ0n) is 9.59. The molecule has 3 N–H and O–H groups in total. The Morgan fingerprint density at radius 3 is 2.65 bits per heavy atom. The first kappa shape index (κ1) is 14.4. The summed E-state index contributed by atoms with van der Waals surface area (Å²) in [5.74, 6) is 0. The van der Waals surface area contributed by atoms with Crippen molar-refractivity contribution in [1.29, 1.82) is 0 Å². The van der Waals surface area contributed by atoms with Crippen LogP contribution in [0.4, 0.5) is 5.69 Å². The van der Waals surface area contributed by atoms with Crippen LogP contribution >= 0.6 is 15.9 Å². The van der Waals surface area contributed by atoms with Crippen LogP contribution in [0.25, 0.3) is 0 Å². The molecule has 1 atom stereocenters. The van der Waals surface area contributed by atoms with Crippen molar-refractivity contribution in [1.82, 2.24) is 4.31 Å². The van der Waals surface area contributed by atoms with E-state index in [4.69, 9.17) is 5.73 Å². The van der Waals surface area contributed by atoms with Gasteiger partial charge in [-0.15, -0.1) is 0 Å². The molecule has 1 unspecified atom stereocenters. The number of likely N-dealkylation sites (N-methyl/N-ethyl adjacent to an activating group) is 1. The van der Waals surface area contributed by atoms with Gasteiger partial charge in [-0.05, 0) is 25.1 Å². The lowest BCUT2D eigenvalue weighted by Crippen LogP contribution is -2.33. The van der Waals surface area contributed by atoms with Crippen molar-refractivity contribution < 1.29 is 13.5 Å². The zero-order valence-corrected chi connectivity index (χ0v) is 12.0. The van der Waals surface area contributed by atoms with Crippen molar-refractivity contribution in [2.45, 2.75) is 17.9 Å². The van der Waals surface area contributed by atoms with Gasteiger partial charge < -0.3 is 10.8 Å². The van der Waals surface area contributed by atoms with Crippen molar-refractivity contribution in [3.05, 3.63) is 22.7 Å². The predicted octanol–water partition coefficient (Wildman–Crippen LogP) is 1.03. The van der Waals surface area contributed by atoms with Crippen molar-refractivity contribution in [3.63, 3.8) is 0 Å². The van der Waals surface area contributed by atoms with E-state index in [9.17, 15) is 13.5 Å². The Balaban J connectivity index is 3.17. The van der Waals surface area contributed by atoms with Crippen LogP contribution in [0.5, 0.6) is 0 Å². The maximum atomic E-state index is 12.2. The fourth-order valence-corrected chi connectivity index (χ4v) is 3.27. The van der Waals surface area contributed by atoms with Crippen LogP contribution in [0.3, 0.4) is 0 Å². The molecule has 1 aromatic rings. The van der Waals surface area contributed by atoms with Crippen LogP contribution in [-0.4, -0.2) is 37.5 Å². The average Bonchev–Trinajstić information content (AvgIpc) is 2.20. The summed E-state index contributed by atoms with van der Waals surface area (Å²) < 4.78 is 26.0. The number of sulfonamides is 1. The van der Waals surface area contributed by atoms with E-state index in [1.54, 1.807) is 6.07 Å². The van der Waals surface area contributed by atoms with Crippen molar-refractivity contribution in [2.75, 3.05) is 19.3 Å². The standard InChI is InChI=1S/C10H15BrN2O3S/c1-7(14)6-13(2)17(15,16)10-5-8(11)3-4-9(10)12/h3-5,7,14H,6,12H2,1-2H3. The lowest BCUT2D eigenvalue weighted by atomic mass is 10.3. The highest BCUT2D eigenvalue weighted by Crippen LogP contribution is 2.25. The van der Waals surface area contributed by atoms with Gasteiger partial charge in [-0.25, -0.2) is 8.42 Å². The third-order valence-electron chi connectivity index (χ3n) is 2.19. The summed E-state index contributed by atoms with van der Waals surface area (Å²) in [6.45, 7) is 1.55. The van der Waals surface area contributed by atoms with Crippen LogP contribution < -0.4 is 5.73 Å². The van der Waals surface area contributed by atoms with Crippen LogP contribution in [0.1, 0.15) is 6.92 Å². The number of halogens is 1. The van der Waals surface area contributed by atoms with Gasteiger partial charge in [-0.3, -0.25) is 0 Å². The maximum Gasteiger partial charge on any atom is 0.244 e. The molecule has 0 heterocycles. The molecule has 1 rings (SSSR count). The quantitative estimate of drug-likeness (QED) is 0.811. The average molecular weight is 323 g/mol. The van der Waals surface area contributed by atoms with Crippen LogP contribution in [0.2, 0.25) is 0 Å². The Bertz CT molecular complexity index is 502. The highest BCUT2D eigenvalue weighted by Gasteiger charge is 2.24. The van der Waals surface area contributed by atoms with Crippen molar-refractivity contribution >= 4 is 31.6 Å². The monoisotopic (exact) mass is 322 g/mol. The normalized spacial score (nSPS) is 13.9. The molecule has 17 heavy (non-hydrogen) atoms. The summed E-state index contributed by atoms with van der Waals surface area (Å²) in [5.41, 5.74) is 5.84. The highest BCUT2D eigenvalue weighted by atomic mass is 79.9. The van der Waals surface area contributed by atoms with E-state index in [-0.39, 0.29) is 17.1 Å². The first-order valence-electron chi connectivity index (χ1n) is 4.94. The van der Waals surface area contributed by atoms with Gasteiger partial charge in [0.05, 0.1) is 11.8 Å². The molecule has 0 saturated carbocycles. The van der Waals surface area contributed by atoms with Crippen LogP contribution in [0.15, 0.2) is 27.6 Å². The van der Waals surface area contributed by atoms with Gasteiger partial charge >= 0.3 is 0 Å². The largest absolute Gasteiger partial charge is 0.398 e. The smallest absolute Gasteiger partial charge is 0.244 e. The summed E-state index contributed by atoms with van der Waals surface area (Å²) >= 11 is 3.20. The van der Waals surface area contributed by atoms with Crippen molar-refractivity contribution in [2.24, 2.45) is 0 Å². The molecule has 0 saturated heterocycles. The second-order valence-corrected chi connectivity index (χ2v) is 6.75. The number of nitrogens with zero attached hydrogens (tertiary/aromatic N) is 1. The minimum absolute atomic E-state index is 0.0221. The number of benzene rings is 1. The molecule has 7 heteroatoms. The molecule has 0 amide bonds. The molecule has 0 aliphatic rings. The van der Waals surface area contributed by atoms with Gasteiger partial charge in [0.25, 0.3) is 0 Å². The lowest BCUT2D eigenvalue weighted by Gasteiger charge is -2.19. The molecule has 0 radical (unpaired) electrons. The summed E-state index contributed by atoms with van der Waals surface area (Å²) in [4.78, 5) is 0.0371. The number of rotatable bonds is 4. The Morgan fingerprint density at radius 1 is 1.53 bits per heavy atom. The van der Waals surface area contributed by atoms with Gasteiger partial charge in [-0.2, -0.15) is 4.31 Å². The molecular weight excluding hydrogens is 308 g/mol. The van der Waals surface area contributed by atoms with Gasteiger partial charge in [0, 0.05) is 18.1 Å². The molecule has 0 fully saturated rings. The number of nitrogens with two attached hydrogens (primary N) is 1. The molecule has 96 valence electrons. The molecule has 0 bridgehead atoms. The van der Waals surface area contributed by atoms with E-state index in [1.165, 1.54) is 26.1 Å². The van der Waals surface area contributed by atoms with Gasteiger partial charge in [0.1, 0.15) is 4.90 Å². The van der Waals surface area contributed by atoms with E-state index in [1.807, 2.05) is 0 Å². The Morgan fingerprint density at radius 2 is 2.12 bits per heavy atom. The van der Waals surface area contributed by atoms with E-state index in [0.717, 1.165) is 4.31 Å². The summed E-state index contributed by atoms with van der Waals surface area (Å²) in [5, 5.41) is 9.21. The SMILES string of the molecule is CC(O)CN(C)S(=O)(=O)c1cc(Br)ccc1N. The Labute approximate surface area is 109 Å². The molecule has 1 aromatic carbocycles. The number of nitrogen functional groups attached to an aromatic ring is 1.